The lowest BCUT2D eigenvalue weighted by molar-refractivity contribution is -0.139. The maximum absolute atomic E-state index is 11.3. The van der Waals surface area contributed by atoms with Gasteiger partial charge in [0.05, 0.1) is 6.61 Å². The van der Waals surface area contributed by atoms with Crippen LogP contribution >= 0.6 is 0 Å². The predicted molar refractivity (Wildman–Crippen MR) is 56.1 cm³/mol. The first-order valence-corrected chi connectivity index (χ1v) is 4.58. The molecule has 4 nitrogen and oxygen atoms in total. The van der Waals surface area contributed by atoms with Crippen LogP contribution in [-0.4, -0.2) is 24.5 Å². The normalized spacial score (nSPS) is 10.9. The number of nitrogens with two attached hydrogens (primary N) is 1. The van der Waals surface area contributed by atoms with E-state index >= 15 is 0 Å². The zero-order valence-corrected chi connectivity index (χ0v) is 9.04. The van der Waals surface area contributed by atoms with Gasteiger partial charge < -0.3 is 15.4 Å². The van der Waals surface area contributed by atoms with Crippen LogP contribution in [0.15, 0.2) is 24.2 Å². The molecular weight excluding hydrogens is 180 g/mol. The minimum absolute atomic E-state index is 0.297. The quantitative estimate of drug-likeness (QED) is 0.533. The minimum Gasteiger partial charge on any atom is -0.461 e. The van der Waals surface area contributed by atoms with Crippen LogP contribution < -0.4 is 5.73 Å². The van der Waals surface area contributed by atoms with Gasteiger partial charge in [-0.3, -0.25) is 0 Å². The second-order valence-electron chi connectivity index (χ2n) is 2.74. The summed E-state index contributed by atoms with van der Waals surface area (Å²) in [6, 6.07) is 0. The fourth-order valence-corrected chi connectivity index (χ4v) is 0.992. The Morgan fingerprint density at radius 1 is 1.57 bits per heavy atom. The Morgan fingerprint density at radius 2 is 2.14 bits per heavy atom. The summed E-state index contributed by atoms with van der Waals surface area (Å²) in [4.78, 5) is 12.9. The van der Waals surface area contributed by atoms with Crippen molar-refractivity contribution in [2.75, 3.05) is 13.7 Å². The summed E-state index contributed by atoms with van der Waals surface area (Å²) in [7, 11) is 1.74. The fraction of sp³-hybridized carbons (Fsp3) is 0.500. The Bertz CT molecular complexity index is 247. The third-order valence-electron chi connectivity index (χ3n) is 1.90. The molecule has 0 aromatic carbocycles. The summed E-state index contributed by atoms with van der Waals surface area (Å²) in [5.41, 5.74) is 6.53. The van der Waals surface area contributed by atoms with Crippen molar-refractivity contribution in [1.29, 1.82) is 0 Å². The van der Waals surface area contributed by atoms with Crippen LogP contribution in [-0.2, 0) is 9.53 Å². The highest BCUT2D eigenvalue weighted by Gasteiger charge is 2.14. The average molecular weight is 198 g/mol. The van der Waals surface area contributed by atoms with Crippen LogP contribution in [0.4, 0.5) is 0 Å². The lowest BCUT2D eigenvalue weighted by atomic mass is 10.3. The number of rotatable bonds is 5. The van der Waals surface area contributed by atoms with Gasteiger partial charge in [-0.05, 0) is 13.3 Å². The Hall–Kier alpha value is -1.45. The van der Waals surface area contributed by atoms with Crippen LogP contribution in [0.5, 0.6) is 0 Å². The van der Waals surface area contributed by atoms with Gasteiger partial charge in [0.25, 0.3) is 0 Å². The number of ether oxygens (including phenoxy) is 1. The number of carbonyl (C=O) groups is 1. The molecule has 0 rings (SSSR count). The number of nitrogens with zero attached hydrogens (tertiary/aromatic N) is 1. The van der Waals surface area contributed by atoms with Crippen LogP contribution in [0.25, 0.3) is 0 Å². The first-order valence-electron chi connectivity index (χ1n) is 4.58. The lowest BCUT2D eigenvalue weighted by Gasteiger charge is -2.21. The molecule has 0 atom stereocenters. The molecule has 0 aromatic rings. The number of hydrogen-bond acceptors (Lipinski definition) is 4. The van der Waals surface area contributed by atoms with Crippen LogP contribution in [0.1, 0.15) is 20.3 Å². The molecule has 0 aliphatic heterocycles. The molecule has 4 heteroatoms. The van der Waals surface area contributed by atoms with E-state index in [0.29, 0.717) is 12.3 Å². The summed E-state index contributed by atoms with van der Waals surface area (Å²) < 4.78 is 4.82. The van der Waals surface area contributed by atoms with Gasteiger partial charge in [-0.25, -0.2) is 4.79 Å². The maximum Gasteiger partial charge on any atom is 0.354 e. The molecule has 0 aliphatic carbocycles. The molecule has 0 fully saturated rings. The van der Waals surface area contributed by atoms with Gasteiger partial charge in [0.1, 0.15) is 5.70 Å². The number of hydrogen-bond donors (Lipinski definition) is 1. The standard InChI is InChI=1S/C10H18N2O2/c1-5-9(7-11)12(4)8(3)10(13)14-6-2/h7H,3,5-6,11H2,1-2,4H3/b9-7+. The van der Waals surface area contributed by atoms with Gasteiger partial charge in [-0.1, -0.05) is 13.5 Å². The molecule has 0 saturated carbocycles. The molecule has 0 amide bonds. The molecule has 0 unspecified atom stereocenters. The first-order chi connectivity index (χ1) is 6.58. The molecule has 0 bridgehead atoms. The Morgan fingerprint density at radius 3 is 2.50 bits per heavy atom. The topological polar surface area (TPSA) is 55.6 Å². The van der Waals surface area contributed by atoms with Crippen molar-refractivity contribution in [3.05, 3.63) is 24.2 Å². The number of carbonyl (C=O) groups excluding carboxylic acids is 1. The number of esters is 1. The van der Waals surface area contributed by atoms with Gasteiger partial charge in [0.15, 0.2) is 0 Å². The van der Waals surface area contributed by atoms with Gasteiger partial charge in [-0.2, -0.15) is 0 Å². The van der Waals surface area contributed by atoms with E-state index in [1.54, 1.807) is 18.9 Å². The van der Waals surface area contributed by atoms with E-state index in [-0.39, 0.29) is 0 Å². The molecule has 0 heterocycles. The molecule has 0 aliphatic rings. The van der Waals surface area contributed by atoms with E-state index in [4.69, 9.17) is 10.5 Å². The second kappa shape index (κ2) is 6.07. The first kappa shape index (κ1) is 12.6. The highest BCUT2D eigenvalue weighted by Crippen LogP contribution is 2.11. The minimum atomic E-state index is -0.414. The second-order valence-corrected chi connectivity index (χ2v) is 2.74. The molecule has 0 aromatic heterocycles. The molecule has 14 heavy (non-hydrogen) atoms. The van der Waals surface area contributed by atoms with Crippen molar-refractivity contribution in [1.82, 2.24) is 4.90 Å². The summed E-state index contributed by atoms with van der Waals surface area (Å²) in [6.07, 6.45) is 2.20. The fourth-order valence-electron chi connectivity index (χ4n) is 0.992. The van der Waals surface area contributed by atoms with Gasteiger partial charge in [-0.15, -0.1) is 0 Å². The van der Waals surface area contributed by atoms with E-state index < -0.39 is 5.97 Å². The molecular formula is C10H18N2O2. The van der Waals surface area contributed by atoms with Gasteiger partial charge >= 0.3 is 5.97 Å². The van der Waals surface area contributed by atoms with Crippen molar-refractivity contribution in [2.24, 2.45) is 5.73 Å². The van der Waals surface area contributed by atoms with Crippen LogP contribution in [0.3, 0.4) is 0 Å². The molecule has 2 N–H and O–H groups in total. The van der Waals surface area contributed by atoms with E-state index in [9.17, 15) is 4.79 Å². The smallest absolute Gasteiger partial charge is 0.354 e. The van der Waals surface area contributed by atoms with Gasteiger partial charge in [0.2, 0.25) is 0 Å². The SMILES string of the molecule is C=C(C(=O)OCC)N(C)/C(=C/N)CC. The molecule has 80 valence electrons. The zero-order valence-electron chi connectivity index (χ0n) is 9.04. The predicted octanol–water partition coefficient (Wildman–Crippen LogP) is 1.21. The molecule has 0 spiro atoms. The molecule has 0 saturated heterocycles. The number of likely N-dealkylation sites (N-methyl/N-ethyl adjacent to an activating group) is 1. The zero-order chi connectivity index (χ0) is 11.1. The maximum atomic E-state index is 11.3. The van der Waals surface area contributed by atoms with E-state index in [1.807, 2.05) is 6.92 Å². The van der Waals surface area contributed by atoms with Crippen molar-refractivity contribution < 1.29 is 9.53 Å². The van der Waals surface area contributed by atoms with E-state index in [1.165, 1.54) is 6.20 Å². The van der Waals surface area contributed by atoms with Crippen molar-refractivity contribution in [3.63, 3.8) is 0 Å². The Labute approximate surface area is 85.0 Å². The highest BCUT2D eigenvalue weighted by atomic mass is 16.5. The van der Waals surface area contributed by atoms with Crippen molar-refractivity contribution in [2.45, 2.75) is 20.3 Å². The van der Waals surface area contributed by atoms with Crippen molar-refractivity contribution >= 4 is 5.97 Å². The largest absolute Gasteiger partial charge is 0.461 e. The Kier molecular flexibility index (Phi) is 5.44. The number of allylic oxidation sites excluding steroid dienone is 1. The molecule has 0 radical (unpaired) electrons. The van der Waals surface area contributed by atoms with Crippen LogP contribution in [0.2, 0.25) is 0 Å². The summed E-state index contributed by atoms with van der Waals surface area (Å²) >= 11 is 0. The van der Waals surface area contributed by atoms with Crippen LogP contribution in [0, 0.1) is 0 Å². The summed E-state index contributed by atoms with van der Waals surface area (Å²) in [6.45, 7) is 7.70. The third-order valence-corrected chi connectivity index (χ3v) is 1.90. The summed E-state index contributed by atoms with van der Waals surface area (Å²) in [5.74, 6) is -0.414. The Balaban J connectivity index is 4.46. The highest BCUT2D eigenvalue weighted by molar-refractivity contribution is 5.87. The average Bonchev–Trinajstić information content (AvgIpc) is 2.18. The van der Waals surface area contributed by atoms with E-state index in [2.05, 4.69) is 6.58 Å². The van der Waals surface area contributed by atoms with E-state index in [0.717, 1.165) is 12.1 Å². The van der Waals surface area contributed by atoms with Crippen molar-refractivity contribution in [3.8, 4) is 0 Å². The van der Waals surface area contributed by atoms with Gasteiger partial charge in [0, 0.05) is 18.9 Å². The monoisotopic (exact) mass is 198 g/mol. The summed E-state index contributed by atoms with van der Waals surface area (Å²) in [5, 5.41) is 0. The third kappa shape index (κ3) is 3.12. The lowest BCUT2D eigenvalue weighted by Crippen LogP contribution is -2.24.